The number of likely N-dealkylation sites (tertiary alicyclic amines) is 1. The molecule has 1 aliphatic heterocycles. The number of carboxylic acid groups (broad SMARTS) is 1. The minimum atomic E-state index is -1.43. The quantitative estimate of drug-likeness (QED) is 0.518. The van der Waals surface area contributed by atoms with Gasteiger partial charge in [-0.1, -0.05) is 48.5 Å². The third-order valence-electron chi connectivity index (χ3n) is 6.54. The van der Waals surface area contributed by atoms with Crippen molar-refractivity contribution in [1.82, 2.24) is 15.5 Å². The summed E-state index contributed by atoms with van der Waals surface area (Å²) >= 11 is 0. The SMILES string of the molecule is COC1(C(=O)O)CCN(C(=O)CNC(=O)CNC(=O)OCC2c3ccccc3-c3ccccc32)C1. The molecule has 1 unspecified atom stereocenters. The van der Waals surface area contributed by atoms with E-state index in [-0.39, 0.29) is 45.1 Å². The molecule has 0 bridgehead atoms. The zero-order valence-corrected chi connectivity index (χ0v) is 19.3. The Labute approximate surface area is 202 Å². The van der Waals surface area contributed by atoms with E-state index in [0.717, 1.165) is 22.3 Å². The maximum absolute atomic E-state index is 12.3. The number of carboxylic acids is 1. The lowest BCUT2D eigenvalue weighted by molar-refractivity contribution is -0.161. The molecule has 4 rings (SSSR count). The number of alkyl carbamates (subject to hydrolysis) is 1. The van der Waals surface area contributed by atoms with Gasteiger partial charge in [0.1, 0.15) is 13.2 Å². The number of ether oxygens (including phenoxy) is 2. The van der Waals surface area contributed by atoms with Gasteiger partial charge in [-0.25, -0.2) is 9.59 Å². The summed E-state index contributed by atoms with van der Waals surface area (Å²) in [6.07, 6.45) is -0.568. The predicted octanol–water partition coefficient (Wildman–Crippen LogP) is 1.34. The molecular formula is C25H27N3O7. The number of methoxy groups -OCH3 is 1. The summed E-state index contributed by atoms with van der Waals surface area (Å²) in [6.45, 7) is -0.427. The van der Waals surface area contributed by atoms with E-state index >= 15 is 0 Å². The first-order valence-corrected chi connectivity index (χ1v) is 11.3. The summed E-state index contributed by atoms with van der Waals surface area (Å²) < 4.78 is 10.5. The lowest BCUT2D eigenvalue weighted by atomic mass is 9.98. The highest BCUT2D eigenvalue weighted by Gasteiger charge is 2.46. The molecule has 2 aliphatic rings. The second kappa shape index (κ2) is 10.1. The Bertz CT molecular complexity index is 1110. The van der Waals surface area contributed by atoms with Gasteiger partial charge in [0.2, 0.25) is 11.8 Å². The molecule has 0 aromatic heterocycles. The fourth-order valence-corrected chi connectivity index (χ4v) is 4.57. The number of rotatable bonds is 8. The molecule has 1 fully saturated rings. The van der Waals surface area contributed by atoms with Crippen LogP contribution in [-0.4, -0.2) is 79.4 Å². The molecule has 2 aromatic rings. The molecule has 0 saturated carbocycles. The van der Waals surface area contributed by atoms with Crippen molar-refractivity contribution in [2.75, 3.05) is 39.9 Å². The van der Waals surface area contributed by atoms with Gasteiger partial charge < -0.3 is 30.1 Å². The van der Waals surface area contributed by atoms with E-state index in [1.54, 1.807) is 0 Å². The van der Waals surface area contributed by atoms with Crippen LogP contribution in [0.2, 0.25) is 0 Å². The van der Waals surface area contributed by atoms with Crippen LogP contribution >= 0.6 is 0 Å². The van der Waals surface area contributed by atoms with Crippen molar-refractivity contribution in [3.63, 3.8) is 0 Å². The minimum absolute atomic E-state index is 0.0917. The van der Waals surface area contributed by atoms with Crippen molar-refractivity contribution >= 4 is 23.9 Å². The smallest absolute Gasteiger partial charge is 0.407 e. The van der Waals surface area contributed by atoms with Gasteiger partial charge in [0, 0.05) is 26.0 Å². The lowest BCUT2D eigenvalue weighted by Crippen LogP contribution is -2.47. The van der Waals surface area contributed by atoms with E-state index in [1.807, 2.05) is 48.5 Å². The van der Waals surface area contributed by atoms with E-state index in [9.17, 15) is 24.3 Å². The Hall–Kier alpha value is -3.92. The van der Waals surface area contributed by atoms with Crippen LogP contribution in [0.4, 0.5) is 4.79 Å². The van der Waals surface area contributed by atoms with Gasteiger partial charge in [0.25, 0.3) is 0 Å². The molecule has 184 valence electrons. The van der Waals surface area contributed by atoms with Crippen molar-refractivity contribution in [2.24, 2.45) is 0 Å². The normalized spacial score (nSPS) is 18.5. The molecule has 10 nitrogen and oxygen atoms in total. The van der Waals surface area contributed by atoms with Gasteiger partial charge in [0.05, 0.1) is 13.1 Å². The Morgan fingerprint density at radius 2 is 1.63 bits per heavy atom. The molecule has 1 heterocycles. The minimum Gasteiger partial charge on any atom is -0.479 e. The van der Waals surface area contributed by atoms with Gasteiger partial charge in [-0.2, -0.15) is 0 Å². The van der Waals surface area contributed by atoms with Gasteiger partial charge >= 0.3 is 12.1 Å². The average molecular weight is 482 g/mol. The number of nitrogens with one attached hydrogen (secondary N) is 2. The van der Waals surface area contributed by atoms with Crippen molar-refractivity contribution in [3.05, 3.63) is 59.7 Å². The average Bonchev–Trinajstić information content (AvgIpc) is 3.46. The van der Waals surface area contributed by atoms with Crippen LogP contribution in [-0.2, 0) is 23.9 Å². The highest BCUT2D eigenvalue weighted by Crippen LogP contribution is 2.44. The van der Waals surface area contributed by atoms with Crippen molar-refractivity contribution in [2.45, 2.75) is 17.9 Å². The van der Waals surface area contributed by atoms with E-state index in [2.05, 4.69) is 10.6 Å². The van der Waals surface area contributed by atoms with Crippen LogP contribution in [0.1, 0.15) is 23.5 Å². The number of benzene rings is 2. The topological polar surface area (TPSA) is 134 Å². The van der Waals surface area contributed by atoms with Gasteiger partial charge in [0.15, 0.2) is 5.60 Å². The number of nitrogens with zero attached hydrogens (tertiary/aromatic N) is 1. The fraction of sp³-hybridized carbons (Fsp3) is 0.360. The molecule has 10 heteroatoms. The molecular weight excluding hydrogens is 454 g/mol. The number of fused-ring (bicyclic) bond motifs is 3. The van der Waals surface area contributed by atoms with Crippen molar-refractivity contribution in [1.29, 1.82) is 0 Å². The zero-order chi connectivity index (χ0) is 25.0. The Morgan fingerprint density at radius 3 is 2.20 bits per heavy atom. The van der Waals surface area contributed by atoms with Crippen molar-refractivity contribution in [3.8, 4) is 11.1 Å². The van der Waals surface area contributed by atoms with E-state index in [1.165, 1.54) is 12.0 Å². The summed E-state index contributed by atoms with van der Waals surface area (Å²) in [7, 11) is 1.29. The number of carbonyl (C=O) groups excluding carboxylic acids is 3. The zero-order valence-electron chi connectivity index (χ0n) is 19.3. The molecule has 3 N–H and O–H groups in total. The largest absolute Gasteiger partial charge is 0.479 e. The Kier molecular flexibility index (Phi) is 7.02. The standard InChI is InChI=1S/C25H27N3O7/c1-34-25(23(31)32)10-11-28(15-25)22(30)13-26-21(29)12-27-24(33)35-14-20-18-8-4-2-6-16(18)17-7-3-5-9-19(17)20/h2-9,20H,10-15H2,1H3,(H,26,29)(H,27,33)(H,31,32). The number of hydrogen-bond acceptors (Lipinski definition) is 6. The number of amides is 3. The van der Waals surface area contributed by atoms with E-state index < -0.39 is 29.5 Å². The van der Waals surface area contributed by atoms with Crippen LogP contribution < -0.4 is 10.6 Å². The van der Waals surface area contributed by atoms with Crippen LogP contribution in [0, 0.1) is 0 Å². The molecule has 2 aromatic carbocycles. The summed E-state index contributed by atoms with van der Waals surface area (Å²) in [5.41, 5.74) is 2.97. The third kappa shape index (κ3) is 4.97. The van der Waals surface area contributed by atoms with Gasteiger partial charge in [-0.3, -0.25) is 9.59 Å². The van der Waals surface area contributed by atoms with Gasteiger partial charge in [-0.05, 0) is 22.3 Å². The van der Waals surface area contributed by atoms with Crippen LogP contribution in [0.15, 0.2) is 48.5 Å². The molecule has 1 atom stereocenters. The first kappa shape index (κ1) is 24.2. The number of hydrogen-bond donors (Lipinski definition) is 3. The van der Waals surface area contributed by atoms with E-state index in [4.69, 9.17) is 9.47 Å². The Morgan fingerprint density at radius 1 is 1.00 bits per heavy atom. The first-order valence-electron chi connectivity index (χ1n) is 11.3. The van der Waals surface area contributed by atoms with Crippen LogP contribution in [0.25, 0.3) is 11.1 Å². The summed E-state index contributed by atoms with van der Waals surface area (Å²) in [6, 6.07) is 15.9. The molecule has 3 amide bonds. The van der Waals surface area contributed by atoms with Crippen LogP contribution in [0.5, 0.6) is 0 Å². The second-order valence-corrected chi connectivity index (χ2v) is 8.52. The second-order valence-electron chi connectivity index (χ2n) is 8.52. The molecule has 0 radical (unpaired) electrons. The summed E-state index contributed by atoms with van der Waals surface area (Å²) in [4.78, 5) is 49.3. The van der Waals surface area contributed by atoms with Crippen LogP contribution in [0.3, 0.4) is 0 Å². The summed E-state index contributed by atoms with van der Waals surface area (Å²) in [5.74, 6) is -2.22. The molecule has 35 heavy (non-hydrogen) atoms. The summed E-state index contributed by atoms with van der Waals surface area (Å²) in [5, 5.41) is 14.1. The van der Waals surface area contributed by atoms with Gasteiger partial charge in [-0.15, -0.1) is 0 Å². The molecule has 1 saturated heterocycles. The van der Waals surface area contributed by atoms with Crippen molar-refractivity contribution < 1.29 is 33.8 Å². The predicted molar refractivity (Wildman–Crippen MR) is 125 cm³/mol. The maximum Gasteiger partial charge on any atom is 0.407 e. The molecule has 1 aliphatic carbocycles. The van der Waals surface area contributed by atoms with E-state index in [0.29, 0.717) is 0 Å². The number of carbonyl (C=O) groups is 4. The lowest BCUT2D eigenvalue weighted by Gasteiger charge is -2.23. The Balaban J connectivity index is 1.21. The highest BCUT2D eigenvalue weighted by atomic mass is 16.5. The number of aliphatic carboxylic acids is 1. The maximum atomic E-state index is 12.3. The highest BCUT2D eigenvalue weighted by molar-refractivity contribution is 5.88. The third-order valence-corrected chi connectivity index (χ3v) is 6.54. The monoisotopic (exact) mass is 481 g/mol. The molecule has 0 spiro atoms. The first-order chi connectivity index (χ1) is 16.8. The fourth-order valence-electron chi connectivity index (χ4n) is 4.57.